The average molecular weight is 159 g/mol. The second kappa shape index (κ2) is 6.01. The van der Waals surface area contributed by atoms with Crippen molar-refractivity contribution in [2.45, 2.75) is 39.2 Å². The van der Waals surface area contributed by atoms with Gasteiger partial charge in [0.25, 0.3) is 0 Å². The number of rotatable bonds is 4. The molecule has 0 spiro atoms. The van der Waals surface area contributed by atoms with E-state index in [2.05, 4.69) is 18.8 Å². The van der Waals surface area contributed by atoms with Gasteiger partial charge in [-0.1, -0.05) is 19.8 Å². The Morgan fingerprint density at radius 2 is 2.27 bits per heavy atom. The first-order valence-electron chi connectivity index (χ1n) is 3.83. The molecule has 3 heteroatoms. The smallest absolute Gasteiger partial charge is 0.431 e. The van der Waals surface area contributed by atoms with Gasteiger partial charge in [-0.2, -0.15) is 0 Å². The van der Waals surface area contributed by atoms with Crippen LogP contribution in [-0.2, 0) is 9.47 Å². The molecule has 0 bridgehead atoms. The zero-order chi connectivity index (χ0) is 8.69. The Balaban J connectivity index is 3.35. The fraction of sp³-hybridized carbons (Fsp3) is 0.750. The summed E-state index contributed by atoms with van der Waals surface area (Å²) in [5, 5.41) is 0. The molecule has 0 aromatic rings. The van der Waals surface area contributed by atoms with Crippen molar-refractivity contribution in [2.24, 2.45) is 0 Å². The van der Waals surface area contributed by atoms with Gasteiger partial charge < -0.3 is 9.47 Å². The highest BCUT2D eigenvalue weighted by atomic mass is 16.7. The molecular weight excluding hydrogens is 144 g/mol. The fourth-order valence-electron chi connectivity index (χ4n) is 0.749. The van der Waals surface area contributed by atoms with E-state index in [0.29, 0.717) is 0 Å². The van der Waals surface area contributed by atoms with E-state index in [-0.39, 0.29) is 6.10 Å². The lowest BCUT2D eigenvalue weighted by atomic mass is 10.2. The highest BCUT2D eigenvalue weighted by Crippen LogP contribution is 2.04. The highest BCUT2D eigenvalue weighted by Gasteiger charge is 2.07. The molecule has 0 rings (SSSR count). The Kier molecular flexibility index (Phi) is 5.61. The Bertz CT molecular complexity index is 112. The first-order chi connectivity index (χ1) is 5.20. The van der Waals surface area contributed by atoms with Gasteiger partial charge in [-0.05, 0) is 13.3 Å². The van der Waals surface area contributed by atoms with Crippen LogP contribution < -0.4 is 0 Å². The van der Waals surface area contributed by atoms with Gasteiger partial charge in [0, 0.05) is 0 Å². The number of hydrogen-bond donors (Lipinski definition) is 0. The van der Waals surface area contributed by atoms with E-state index in [9.17, 15) is 4.79 Å². The van der Waals surface area contributed by atoms with E-state index in [1.165, 1.54) is 0 Å². The quantitative estimate of drug-likeness (QED) is 0.591. The van der Waals surface area contributed by atoms with Gasteiger partial charge in [0.15, 0.2) is 0 Å². The molecule has 0 aromatic carbocycles. The molecule has 0 aliphatic heterocycles. The van der Waals surface area contributed by atoms with Crippen molar-refractivity contribution < 1.29 is 14.3 Å². The molecule has 0 amide bonds. The minimum absolute atomic E-state index is 0.0656. The molecule has 1 atom stereocenters. The first kappa shape index (κ1) is 10.3. The third-order valence-corrected chi connectivity index (χ3v) is 1.38. The number of unbranched alkanes of at least 4 members (excludes halogenated alkanes) is 1. The van der Waals surface area contributed by atoms with Gasteiger partial charge in [-0.3, -0.25) is 0 Å². The molecular formula is C8H15O3. The van der Waals surface area contributed by atoms with Crippen LogP contribution in [0.4, 0.5) is 4.79 Å². The Labute approximate surface area is 67.7 Å². The summed E-state index contributed by atoms with van der Waals surface area (Å²) in [5.41, 5.74) is 0. The van der Waals surface area contributed by atoms with Crippen LogP contribution in [-0.4, -0.2) is 12.3 Å². The molecule has 65 valence electrons. The van der Waals surface area contributed by atoms with Gasteiger partial charge in [0.2, 0.25) is 0 Å². The summed E-state index contributed by atoms with van der Waals surface area (Å²) in [6.07, 6.45) is 2.28. The van der Waals surface area contributed by atoms with E-state index in [1.807, 2.05) is 6.92 Å². The maximum absolute atomic E-state index is 10.5. The molecule has 1 radical (unpaired) electrons. The van der Waals surface area contributed by atoms with Gasteiger partial charge in [0.05, 0.1) is 0 Å². The number of ether oxygens (including phenoxy) is 2. The summed E-state index contributed by atoms with van der Waals surface area (Å²) >= 11 is 0. The largest absolute Gasteiger partial charge is 0.508 e. The summed E-state index contributed by atoms with van der Waals surface area (Å²) in [6, 6.07) is 0. The van der Waals surface area contributed by atoms with Crippen molar-refractivity contribution in [2.75, 3.05) is 0 Å². The topological polar surface area (TPSA) is 35.5 Å². The molecule has 0 saturated carbocycles. The van der Waals surface area contributed by atoms with Crippen molar-refractivity contribution in [3.8, 4) is 0 Å². The molecule has 0 aliphatic rings. The fourth-order valence-corrected chi connectivity index (χ4v) is 0.749. The zero-order valence-corrected chi connectivity index (χ0v) is 7.13. The second-order valence-electron chi connectivity index (χ2n) is 2.47. The molecule has 0 aliphatic carbocycles. The molecule has 0 fully saturated rings. The minimum Gasteiger partial charge on any atom is -0.431 e. The van der Waals surface area contributed by atoms with Gasteiger partial charge in [-0.15, -0.1) is 0 Å². The number of hydrogen-bond acceptors (Lipinski definition) is 3. The van der Waals surface area contributed by atoms with Crippen molar-refractivity contribution in [1.29, 1.82) is 0 Å². The summed E-state index contributed by atoms with van der Waals surface area (Å²) in [5.74, 6) is 0. The normalized spacial score (nSPS) is 12.3. The highest BCUT2D eigenvalue weighted by molar-refractivity contribution is 5.60. The SMILES string of the molecule is [CH2]OC(=O)OC(C)CCCC. The molecule has 0 heterocycles. The van der Waals surface area contributed by atoms with E-state index in [0.717, 1.165) is 19.3 Å². The zero-order valence-electron chi connectivity index (χ0n) is 7.13. The van der Waals surface area contributed by atoms with Crippen molar-refractivity contribution in [3.05, 3.63) is 7.11 Å². The number of carbonyl (C=O) groups is 1. The lowest BCUT2D eigenvalue weighted by Crippen LogP contribution is -2.13. The van der Waals surface area contributed by atoms with Crippen LogP contribution in [0.5, 0.6) is 0 Å². The van der Waals surface area contributed by atoms with Gasteiger partial charge in [0.1, 0.15) is 13.2 Å². The van der Waals surface area contributed by atoms with E-state index in [1.54, 1.807) is 0 Å². The molecule has 0 saturated heterocycles. The second-order valence-corrected chi connectivity index (χ2v) is 2.47. The Morgan fingerprint density at radius 1 is 1.64 bits per heavy atom. The third kappa shape index (κ3) is 5.70. The summed E-state index contributed by atoms with van der Waals surface area (Å²) in [7, 11) is 2.94. The Hall–Kier alpha value is -0.730. The van der Waals surface area contributed by atoms with Crippen LogP contribution >= 0.6 is 0 Å². The maximum Gasteiger partial charge on any atom is 0.508 e. The first-order valence-corrected chi connectivity index (χ1v) is 3.83. The van der Waals surface area contributed by atoms with E-state index >= 15 is 0 Å². The average Bonchev–Trinajstić information content (AvgIpc) is 2.00. The van der Waals surface area contributed by atoms with Crippen LogP contribution in [0.1, 0.15) is 33.1 Å². The summed E-state index contributed by atoms with van der Waals surface area (Å²) in [6.45, 7) is 3.93. The third-order valence-electron chi connectivity index (χ3n) is 1.38. The van der Waals surface area contributed by atoms with Crippen molar-refractivity contribution in [1.82, 2.24) is 0 Å². The number of carbonyl (C=O) groups excluding carboxylic acids is 1. The minimum atomic E-state index is -0.700. The maximum atomic E-state index is 10.5. The van der Waals surface area contributed by atoms with Crippen LogP contribution in [0.25, 0.3) is 0 Å². The Morgan fingerprint density at radius 3 is 2.73 bits per heavy atom. The standard InChI is InChI=1S/C8H15O3/c1-4-5-6-7(2)11-8(9)10-3/h7H,3-6H2,1-2H3. The molecule has 0 N–H and O–H groups in total. The summed E-state index contributed by atoms with van der Waals surface area (Å²) in [4.78, 5) is 10.5. The van der Waals surface area contributed by atoms with E-state index < -0.39 is 6.16 Å². The van der Waals surface area contributed by atoms with Crippen LogP contribution in [0, 0.1) is 7.11 Å². The molecule has 3 nitrogen and oxygen atoms in total. The summed E-state index contributed by atoms with van der Waals surface area (Å²) < 4.78 is 8.87. The predicted octanol–water partition coefficient (Wildman–Crippen LogP) is 2.51. The van der Waals surface area contributed by atoms with Gasteiger partial charge in [-0.25, -0.2) is 4.79 Å². The monoisotopic (exact) mass is 159 g/mol. The lowest BCUT2D eigenvalue weighted by Gasteiger charge is -2.10. The van der Waals surface area contributed by atoms with E-state index in [4.69, 9.17) is 4.74 Å². The van der Waals surface area contributed by atoms with Crippen LogP contribution in [0.3, 0.4) is 0 Å². The molecule has 0 aromatic heterocycles. The lowest BCUT2D eigenvalue weighted by molar-refractivity contribution is 0.0482. The van der Waals surface area contributed by atoms with Crippen molar-refractivity contribution >= 4 is 6.16 Å². The van der Waals surface area contributed by atoms with Crippen LogP contribution in [0.2, 0.25) is 0 Å². The molecule has 11 heavy (non-hydrogen) atoms. The van der Waals surface area contributed by atoms with Crippen molar-refractivity contribution in [3.63, 3.8) is 0 Å². The van der Waals surface area contributed by atoms with Crippen LogP contribution in [0.15, 0.2) is 0 Å². The predicted molar refractivity (Wildman–Crippen MR) is 41.9 cm³/mol. The molecule has 1 unspecified atom stereocenters. The van der Waals surface area contributed by atoms with Gasteiger partial charge >= 0.3 is 6.16 Å².